The second-order valence-corrected chi connectivity index (χ2v) is 7.69. The van der Waals surface area contributed by atoms with Crippen molar-refractivity contribution < 1.29 is 9.18 Å². The summed E-state index contributed by atoms with van der Waals surface area (Å²) in [7, 11) is 0. The summed E-state index contributed by atoms with van der Waals surface area (Å²) in [5.74, 6) is -0.181. The van der Waals surface area contributed by atoms with Crippen LogP contribution in [0.5, 0.6) is 0 Å². The fourth-order valence-corrected chi connectivity index (χ4v) is 3.68. The van der Waals surface area contributed by atoms with Crippen LogP contribution in [-0.2, 0) is 24.3 Å². The molecule has 1 heterocycles. The van der Waals surface area contributed by atoms with Crippen molar-refractivity contribution in [1.82, 2.24) is 9.88 Å². The highest BCUT2D eigenvalue weighted by molar-refractivity contribution is 5.85. The maximum Gasteiger partial charge on any atom is 0.220 e. The van der Waals surface area contributed by atoms with E-state index in [9.17, 15) is 9.18 Å². The minimum Gasteiger partial charge on any atom is -0.352 e. The molecule has 1 N–H and O–H groups in total. The molecular formula is C26H25FN2O. The van der Waals surface area contributed by atoms with Crippen LogP contribution in [0.15, 0.2) is 79.0 Å². The first-order chi connectivity index (χ1) is 14.6. The maximum atomic E-state index is 13.2. The fraction of sp³-hybridized carbons (Fsp3) is 0.192. The lowest BCUT2D eigenvalue weighted by atomic mass is 10.1. The fourth-order valence-electron chi connectivity index (χ4n) is 3.68. The van der Waals surface area contributed by atoms with E-state index in [1.165, 1.54) is 17.7 Å². The van der Waals surface area contributed by atoms with Crippen LogP contribution in [0, 0.1) is 12.7 Å². The van der Waals surface area contributed by atoms with Gasteiger partial charge in [-0.3, -0.25) is 4.79 Å². The van der Waals surface area contributed by atoms with Crippen molar-refractivity contribution in [3.63, 3.8) is 0 Å². The molecule has 0 fully saturated rings. The Bertz CT molecular complexity index is 1140. The molecule has 0 saturated carbocycles. The highest BCUT2D eigenvalue weighted by atomic mass is 19.1. The number of carbonyl (C=O) groups excluding carboxylic acids is 1. The number of halogens is 1. The predicted molar refractivity (Wildman–Crippen MR) is 119 cm³/mol. The van der Waals surface area contributed by atoms with Gasteiger partial charge in [-0.05, 0) is 48.2 Å². The minimum atomic E-state index is -0.228. The first-order valence-electron chi connectivity index (χ1n) is 10.2. The van der Waals surface area contributed by atoms with Crippen molar-refractivity contribution in [3.8, 4) is 0 Å². The van der Waals surface area contributed by atoms with E-state index in [0.717, 1.165) is 27.6 Å². The Morgan fingerprint density at radius 2 is 1.63 bits per heavy atom. The van der Waals surface area contributed by atoms with Gasteiger partial charge in [0, 0.05) is 36.6 Å². The molecule has 0 atom stereocenters. The highest BCUT2D eigenvalue weighted by Gasteiger charge is 2.11. The Hall–Kier alpha value is -3.40. The number of rotatable bonds is 7. The lowest BCUT2D eigenvalue weighted by molar-refractivity contribution is -0.121. The van der Waals surface area contributed by atoms with Gasteiger partial charge in [-0.1, -0.05) is 60.2 Å². The SMILES string of the molecule is Cc1ccc(CNC(=O)CCc2cn(Cc3ccc(F)cc3)c3ccccc23)cc1. The van der Waals surface area contributed by atoms with Crippen LogP contribution in [0.3, 0.4) is 0 Å². The van der Waals surface area contributed by atoms with E-state index in [1.54, 1.807) is 0 Å². The standard InChI is InChI=1S/C26H25FN2O/c1-19-6-8-20(9-7-19)16-28-26(30)15-12-22-18-29(25-5-3-2-4-24(22)25)17-21-10-13-23(27)14-11-21/h2-11,13-14,18H,12,15-17H2,1H3,(H,28,30). The van der Waals surface area contributed by atoms with Crippen molar-refractivity contribution in [1.29, 1.82) is 0 Å². The number of aromatic nitrogens is 1. The number of hydrogen-bond acceptors (Lipinski definition) is 1. The van der Waals surface area contributed by atoms with Crippen LogP contribution >= 0.6 is 0 Å². The van der Waals surface area contributed by atoms with E-state index in [0.29, 0.717) is 25.9 Å². The molecule has 4 aromatic rings. The molecule has 0 spiro atoms. The quantitative estimate of drug-likeness (QED) is 0.444. The average Bonchev–Trinajstić information content (AvgIpc) is 3.11. The topological polar surface area (TPSA) is 34.0 Å². The summed E-state index contributed by atoms with van der Waals surface area (Å²) < 4.78 is 15.4. The Morgan fingerprint density at radius 1 is 0.933 bits per heavy atom. The van der Waals surface area contributed by atoms with Crippen molar-refractivity contribution in [3.05, 3.63) is 107 Å². The van der Waals surface area contributed by atoms with E-state index in [4.69, 9.17) is 0 Å². The van der Waals surface area contributed by atoms with Gasteiger partial charge in [0.2, 0.25) is 5.91 Å². The maximum absolute atomic E-state index is 13.2. The lowest BCUT2D eigenvalue weighted by Crippen LogP contribution is -2.22. The van der Waals surface area contributed by atoms with Gasteiger partial charge in [-0.2, -0.15) is 0 Å². The summed E-state index contributed by atoms with van der Waals surface area (Å²) >= 11 is 0. The van der Waals surface area contributed by atoms with Gasteiger partial charge in [0.25, 0.3) is 0 Å². The molecule has 0 unspecified atom stereocenters. The first kappa shape index (κ1) is 19.9. The van der Waals surface area contributed by atoms with Crippen LogP contribution in [0.1, 0.15) is 28.7 Å². The summed E-state index contributed by atoms with van der Waals surface area (Å²) in [5.41, 5.74) is 5.63. The van der Waals surface area contributed by atoms with Gasteiger partial charge >= 0.3 is 0 Å². The molecule has 0 aliphatic carbocycles. The molecule has 1 aromatic heterocycles. The van der Waals surface area contributed by atoms with E-state index in [-0.39, 0.29) is 11.7 Å². The molecule has 0 saturated heterocycles. The molecule has 30 heavy (non-hydrogen) atoms. The third kappa shape index (κ3) is 4.77. The summed E-state index contributed by atoms with van der Waals surface area (Å²) in [5, 5.41) is 4.17. The largest absolute Gasteiger partial charge is 0.352 e. The van der Waals surface area contributed by atoms with Crippen molar-refractivity contribution in [2.45, 2.75) is 32.9 Å². The molecule has 4 rings (SSSR count). The number of aryl methyl sites for hydroxylation is 2. The molecule has 0 radical (unpaired) electrons. The van der Waals surface area contributed by atoms with E-state index < -0.39 is 0 Å². The predicted octanol–water partition coefficient (Wildman–Crippen LogP) is 5.39. The zero-order valence-corrected chi connectivity index (χ0v) is 17.1. The molecule has 0 aliphatic heterocycles. The molecule has 3 aromatic carbocycles. The van der Waals surface area contributed by atoms with Crippen LogP contribution in [0.4, 0.5) is 4.39 Å². The summed E-state index contributed by atoms with van der Waals surface area (Å²) in [6.45, 7) is 3.26. The molecule has 3 nitrogen and oxygen atoms in total. The molecule has 152 valence electrons. The van der Waals surface area contributed by atoms with Gasteiger partial charge < -0.3 is 9.88 Å². The Morgan fingerprint density at radius 3 is 2.40 bits per heavy atom. The van der Waals surface area contributed by atoms with Gasteiger partial charge in [0.1, 0.15) is 5.82 Å². The number of benzene rings is 3. The van der Waals surface area contributed by atoms with Gasteiger partial charge in [0.15, 0.2) is 0 Å². The number of amides is 1. The highest BCUT2D eigenvalue weighted by Crippen LogP contribution is 2.23. The number of para-hydroxylation sites is 1. The Labute approximate surface area is 176 Å². The van der Waals surface area contributed by atoms with Gasteiger partial charge in [-0.15, -0.1) is 0 Å². The van der Waals surface area contributed by atoms with Gasteiger partial charge in [0.05, 0.1) is 0 Å². The Kier molecular flexibility index (Phi) is 5.94. The number of nitrogens with one attached hydrogen (secondary N) is 1. The molecule has 0 aliphatic rings. The van der Waals surface area contributed by atoms with Crippen molar-refractivity contribution >= 4 is 16.8 Å². The smallest absolute Gasteiger partial charge is 0.220 e. The molecule has 4 heteroatoms. The zero-order valence-electron chi connectivity index (χ0n) is 17.1. The Balaban J connectivity index is 1.43. The number of hydrogen-bond donors (Lipinski definition) is 1. The lowest BCUT2D eigenvalue weighted by Gasteiger charge is -2.06. The number of nitrogens with zero attached hydrogens (tertiary/aromatic N) is 1. The molecule has 1 amide bonds. The van der Waals surface area contributed by atoms with Crippen molar-refractivity contribution in [2.75, 3.05) is 0 Å². The van der Waals surface area contributed by atoms with Crippen LogP contribution < -0.4 is 5.32 Å². The number of carbonyl (C=O) groups is 1. The van der Waals surface area contributed by atoms with E-state index in [1.807, 2.05) is 36.4 Å². The summed E-state index contributed by atoms with van der Waals surface area (Å²) in [6.07, 6.45) is 3.23. The number of fused-ring (bicyclic) bond motifs is 1. The zero-order chi connectivity index (χ0) is 20.9. The molecular weight excluding hydrogens is 375 g/mol. The minimum absolute atomic E-state index is 0.0472. The van der Waals surface area contributed by atoms with Crippen LogP contribution in [0.2, 0.25) is 0 Å². The first-order valence-corrected chi connectivity index (χ1v) is 10.2. The summed E-state index contributed by atoms with van der Waals surface area (Å²) in [4.78, 5) is 12.4. The summed E-state index contributed by atoms with van der Waals surface area (Å²) in [6, 6.07) is 23.0. The van der Waals surface area contributed by atoms with Crippen molar-refractivity contribution in [2.24, 2.45) is 0 Å². The van der Waals surface area contributed by atoms with E-state index >= 15 is 0 Å². The van der Waals surface area contributed by atoms with Gasteiger partial charge in [-0.25, -0.2) is 4.39 Å². The third-order valence-electron chi connectivity index (χ3n) is 5.37. The van der Waals surface area contributed by atoms with Crippen LogP contribution in [-0.4, -0.2) is 10.5 Å². The normalized spacial score (nSPS) is 11.0. The molecule has 0 bridgehead atoms. The van der Waals surface area contributed by atoms with Crippen LogP contribution in [0.25, 0.3) is 10.9 Å². The van der Waals surface area contributed by atoms with E-state index in [2.05, 4.69) is 47.3 Å². The second-order valence-electron chi connectivity index (χ2n) is 7.69. The average molecular weight is 400 g/mol. The monoisotopic (exact) mass is 400 g/mol. The second kappa shape index (κ2) is 8.95. The third-order valence-corrected chi connectivity index (χ3v) is 5.37.